The van der Waals surface area contributed by atoms with Crippen molar-refractivity contribution in [2.24, 2.45) is 0 Å². The van der Waals surface area contributed by atoms with Gasteiger partial charge in [0.15, 0.2) is 5.65 Å². The third-order valence-corrected chi connectivity index (χ3v) is 3.64. The lowest BCUT2D eigenvalue weighted by atomic mass is 10.2. The molecule has 0 bridgehead atoms. The maximum atomic E-state index is 11.9. The fraction of sp³-hybridized carbons (Fsp3) is 0.278. The van der Waals surface area contributed by atoms with Crippen molar-refractivity contribution in [3.05, 3.63) is 60.0 Å². The number of ether oxygens (including phenoxy) is 1. The molecule has 124 valence electrons. The van der Waals surface area contributed by atoms with Crippen molar-refractivity contribution in [3.63, 3.8) is 0 Å². The Hall–Kier alpha value is -2.89. The van der Waals surface area contributed by atoms with Gasteiger partial charge in [0.2, 0.25) is 5.91 Å². The van der Waals surface area contributed by atoms with Crippen molar-refractivity contribution in [1.82, 2.24) is 19.9 Å². The van der Waals surface area contributed by atoms with Crippen LogP contribution in [0.2, 0.25) is 0 Å². The average molecular weight is 324 g/mol. The Labute approximate surface area is 140 Å². The third kappa shape index (κ3) is 4.10. The molecule has 0 spiro atoms. The number of hydrogen-bond acceptors (Lipinski definition) is 4. The van der Waals surface area contributed by atoms with Gasteiger partial charge in [-0.15, -0.1) is 10.2 Å². The first-order valence-electron chi connectivity index (χ1n) is 7.97. The topological polar surface area (TPSA) is 68.5 Å². The van der Waals surface area contributed by atoms with Crippen molar-refractivity contribution < 1.29 is 9.53 Å². The second-order valence-electron chi connectivity index (χ2n) is 5.56. The van der Waals surface area contributed by atoms with Crippen molar-refractivity contribution in [1.29, 1.82) is 0 Å². The molecule has 0 aliphatic carbocycles. The summed E-state index contributed by atoms with van der Waals surface area (Å²) in [7, 11) is 0. The summed E-state index contributed by atoms with van der Waals surface area (Å²) in [5, 5.41) is 11.1. The second kappa shape index (κ2) is 7.59. The van der Waals surface area contributed by atoms with E-state index >= 15 is 0 Å². The van der Waals surface area contributed by atoms with Crippen LogP contribution in [0.25, 0.3) is 5.65 Å². The van der Waals surface area contributed by atoms with E-state index in [0.717, 1.165) is 22.8 Å². The highest BCUT2D eigenvalue weighted by Gasteiger charge is 2.06. The number of benzene rings is 1. The fourth-order valence-corrected chi connectivity index (χ4v) is 2.43. The first-order valence-corrected chi connectivity index (χ1v) is 7.97. The van der Waals surface area contributed by atoms with Crippen LogP contribution in [-0.4, -0.2) is 33.7 Å². The summed E-state index contributed by atoms with van der Waals surface area (Å²) in [5.74, 6) is 1.59. The molecule has 1 amide bonds. The number of hydrogen-bond donors (Lipinski definition) is 1. The van der Waals surface area contributed by atoms with Crippen LogP contribution in [-0.2, 0) is 11.2 Å². The predicted molar refractivity (Wildman–Crippen MR) is 91.0 cm³/mol. The smallest absolute Gasteiger partial charge is 0.223 e. The zero-order valence-corrected chi connectivity index (χ0v) is 13.6. The number of nitrogens with zero attached hydrogens (tertiary/aromatic N) is 3. The standard InChI is InChI=1S/C18H20N4O2/c1-14-5-4-6-15(13-14)24-12-9-18(23)19-10-8-17-21-20-16-7-2-3-11-22(16)17/h2-7,11,13H,8-10,12H2,1H3,(H,19,23). The monoisotopic (exact) mass is 324 g/mol. The SMILES string of the molecule is Cc1cccc(OCCC(=O)NCCc2nnc3ccccn23)c1. The van der Waals surface area contributed by atoms with Crippen LogP contribution in [0.15, 0.2) is 48.7 Å². The van der Waals surface area contributed by atoms with Gasteiger partial charge in [-0.3, -0.25) is 9.20 Å². The Morgan fingerprint density at radius 2 is 2.12 bits per heavy atom. The van der Waals surface area contributed by atoms with Crippen LogP contribution >= 0.6 is 0 Å². The summed E-state index contributed by atoms with van der Waals surface area (Å²) in [6, 6.07) is 13.5. The molecule has 6 heteroatoms. The van der Waals surface area contributed by atoms with Crippen LogP contribution in [0.3, 0.4) is 0 Å². The minimum Gasteiger partial charge on any atom is -0.493 e. The molecule has 0 fully saturated rings. The molecule has 0 atom stereocenters. The quantitative estimate of drug-likeness (QED) is 0.723. The first kappa shape index (κ1) is 16.0. The molecule has 1 N–H and O–H groups in total. The summed E-state index contributed by atoms with van der Waals surface area (Å²) >= 11 is 0. The van der Waals surface area contributed by atoms with Crippen molar-refractivity contribution >= 4 is 11.6 Å². The Bertz CT molecular complexity index is 829. The lowest BCUT2D eigenvalue weighted by Gasteiger charge is -2.07. The molecule has 2 heterocycles. The molecule has 0 radical (unpaired) electrons. The van der Waals surface area contributed by atoms with Crippen molar-refractivity contribution in [2.75, 3.05) is 13.2 Å². The van der Waals surface area contributed by atoms with Gasteiger partial charge in [0.1, 0.15) is 11.6 Å². The van der Waals surface area contributed by atoms with E-state index < -0.39 is 0 Å². The Balaban J connectivity index is 1.40. The van der Waals surface area contributed by atoms with Gasteiger partial charge in [-0.25, -0.2) is 0 Å². The van der Waals surface area contributed by atoms with E-state index in [2.05, 4.69) is 15.5 Å². The number of amides is 1. The van der Waals surface area contributed by atoms with Gasteiger partial charge in [-0.2, -0.15) is 0 Å². The summed E-state index contributed by atoms with van der Waals surface area (Å²) in [4.78, 5) is 11.9. The lowest BCUT2D eigenvalue weighted by molar-refractivity contribution is -0.121. The van der Waals surface area contributed by atoms with Gasteiger partial charge < -0.3 is 10.1 Å². The van der Waals surface area contributed by atoms with Crippen LogP contribution in [0.1, 0.15) is 17.8 Å². The molecule has 6 nitrogen and oxygen atoms in total. The largest absolute Gasteiger partial charge is 0.493 e. The van der Waals surface area contributed by atoms with E-state index in [0.29, 0.717) is 26.0 Å². The van der Waals surface area contributed by atoms with Gasteiger partial charge in [0.05, 0.1) is 13.0 Å². The molecule has 0 saturated carbocycles. The summed E-state index contributed by atoms with van der Waals surface area (Å²) in [6.45, 7) is 2.90. The Morgan fingerprint density at radius 3 is 3.00 bits per heavy atom. The summed E-state index contributed by atoms with van der Waals surface area (Å²) in [6.07, 6.45) is 2.88. The molecule has 0 aliphatic rings. The molecule has 2 aromatic heterocycles. The second-order valence-corrected chi connectivity index (χ2v) is 5.56. The maximum Gasteiger partial charge on any atom is 0.223 e. The number of rotatable bonds is 7. The lowest BCUT2D eigenvalue weighted by Crippen LogP contribution is -2.27. The Kier molecular flexibility index (Phi) is 5.05. The van der Waals surface area contributed by atoms with E-state index in [1.807, 2.05) is 60.0 Å². The molecule has 3 rings (SSSR count). The number of pyridine rings is 1. The molecule has 24 heavy (non-hydrogen) atoms. The number of aryl methyl sites for hydroxylation is 1. The highest BCUT2D eigenvalue weighted by molar-refractivity contribution is 5.75. The van der Waals surface area contributed by atoms with E-state index in [4.69, 9.17) is 4.74 Å². The molecule has 3 aromatic rings. The number of fused-ring (bicyclic) bond motifs is 1. The fourth-order valence-electron chi connectivity index (χ4n) is 2.43. The van der Waals surface area contributed by atoms with Crippen LogP contribution in [0.5, 0.6) is 5.75 Å². The van der Waals surface area contributed by atoms with E-state index in [-0.39, 0.29) is 5.91 Å². The number of nitrogens with one attached hydrogen (secondary N) is 1. The number of aromatic nitrogens is 3. The van der Waals surface area contributed by atoms with Crippen LogP contribution in [0.4, 0.5) is 0 Å². The van der Waals surface area contributed by atoms with Crippen molar-refractivity contribution in [2.45, 2.75) is 19.8 Å². The van der Waals surface area contributed by atoms with Gasteiger partial charge >= 0.3 is 0 Å². The third-order valence-electron chi connectivity index (χ3n) is 3.64. The first-order chi connectivity index (χ1) is 11.7. The van der Waals surface area contributed by atoms with Gasteiger partial charge in [0, 0.05) is 19.2 Å². The van der Waals surface area contributed by atoms with Gasteiger partial charge in [0.25, 0.3) is 0 Å². The highest BCUT2D eigenvalue weighted by Crippen LogP contribution is 2.12. The predicted octanol–water partition coefficient (Wildman–Crippen LogP) is 2.17. The zero-order chi connectivity index (χ0) is 16.8. The van der Waals surface area contributed by atoms with E-state index in [1.54, 1.807) is 0 Å². The molecule has 0 unspecified atom stereocenters. The molecular formula is C18H20N4O2. The Morgan fingerprint density at radius 1 is 1.21 bits per heavy atom. The number of carbonyl (C=O) groups excluding carboxylic acids is 1. The van der Waals surface area contributed by atoms with Gasteiger partial charge in [-0.05, 0) is 36.8 Å². The average Bonchev–Trinajstić information content (AvgIpc) is 2.98. The molecular weight excluding hydrogens is 304 g/mol. The van der Waals surface area contributed by atoms with Crippen LogP contribution in [0, 0.1) is 6.92 Å². The van der Waals surface area contributed by atoms with E-state index in [9.17, 15) is 4.79 Å². The zero-order valence-electron chi connectivity index (χ0n) is 13.6. The molecule has 0 aliphatic heterocycles. The van der Waals surface area contributed by atoms with Crippen LogP contribution < -0.4 is 10.1 Å². The van der Waals surface area contributed by atoms with E-state index in [1.165, 1.54) is 0 Å². The minimum atomic E-state index is -0.0310. The molecule has 1 aromatic carbocycles. The normalized spacial score (nSPS) is 10.7. The number of carbonyl (C=O) groups is 1. The molecule has 0 saturated heterocycles. The van der Waals surface area contributed by atoms with Gasteiger partial charge in [-0.1, -0.05) is 18.2 Å². The highest BCUT2D eigenvalue weighted by atomic mass is 16.5. The summed E-state index contributed by atoms with van der Waals surface area (Å²) < 4.78 is 7.50. The minimum absolute atomic E-state index is 0.0310. The maximum absolute atomic E-state index is 11.9. The van der Waals surface area contributed by atoms with Crippen molar-refractivity contribution in [3.8, 4) is 5.75 Å². The summed E-state index contributed by atoms with van der Waals surface area (Å²) in [5.41, 5.74) is 1.95.